The molecule has 15 heavy (non-hydrogen) atoms. The molecule has 2 amide bonds. The fraction of sp³-hybridized carbons (Fsp3) is 0.727. The topological polar surface area (TPSA) is 58.4 Å². The number of nitrogens with one attached hydrogen (secondary N) is 1. The highest BCUT2D eigenvalue weighted by atomic mass is 16.2. The molecule has 1 fully saturated rings. The van der Waals surface area contributed by atoms with E-state index in [4.69, 9.17) is 5.73 Å². The second-order valence-electron chi connectivity index (χ2n) is 4.18. The van der Waals surface area contributed by atoms with Crippen LogP contribution in [-0.2, 0) is 0 Å². The number of amides is 2. The van der Waals surface area contributed by atoms with E-state index in [9.17, 15) is 4.79 Å². The Labute approximate surface area is 91.5 Å². The highest BCUT2D eigenvalue weighted by Crippen LogP contribution is 2.21. The lowest BCUT2D eigenvalue weighted by molar-refractivity contribution is 0.141. The summed E-state index contributed by atoms with van der Waals surface area (Å²) in [6.45, 7) is 8.57. The second-order valence-corrected chi connectivity index (χ2v) is 4.18. The third-order valence-electron chi connectivity index (χ3n) is 3.10. The highest BCUT2D eigenvalue weighted by Gasteiger charge is 2.27. The first-order valence-electron chi connectivity index (χ1n) is 5.52. The molecule has 2 unspecified atom stereocenters. The van der Waals surface area contributed by atoms with E-state index in [0.717, 1.165) is 19.5 Å². The summed E-state index contributed by atoms with van der Waals surface area (Å²) in [7, 11) is 0. The molecule has 86 valence electrons. The Hall–Kier alpha value is -1.03. The van der Waals surface area contributed by atoms with Crippen LogP contribution in [0.5, 0.6) is 0 Å². The van der Waals surface area contributed by atoms with Gasteiger partial charge in [-0.1, -0.05) is 13.0 Å². The third kappa shape index (κ3) is 3.23. The van der Waals surface area contributed by atoms with Crippen LogP contribution in [0.2, 0.25) is 0 Å². The van der Waals surface area contributed by atoms with E-state index in [1.165, 1.54) is 0 Å². The summed E-state index contributed by atoms with van der Waals surface area (Å²) in [5, 5.41) is 2.79. The van der Waals surface area contributed by atoms with Crippen molar-refractivity contribution in [3.63, 3.8) is 0 Å². The zero-order chi connectivity index (χ0) is 11.3. The average Bonchev–Trinajstić information content (AvgIpc) is 2.26. The average molecular weight is 211 g/mol. The number of carbonyl (C=O) groups is 1. The molecule has 3 N–H and O–H groups in total. The molecule has 0 aromatic rings. The van der Waals surface area contributed by atoms with Crippen molar-refractivity contribution in [1.82, 2.24) is 10.2 Å². The summed E-state index contributed by atoms with van der Waals surface area (Å²) < 4.78 is 0. The molecule has 1 saturated heterocycles. The Morgan fingerprint density at radius 2 is 2.47 bits per heavy atom. The first-order valence-corrected chi connectivity index (χ1v) is 5.52. The molecule has 0 bridgehead atoms. The largest absolute Gasteiger partial charge is 0.335 e. The molecule has 0 spiro atoms. The number of likely N-dealkylation sites (tertiary alicyclic amines) is 1. The lowest BCUT2D eigenvalue weighted by Gasteiger charge is -2.36. The molecule has 0 radical (unpaired) electrons. The van der Waals surface area contributed by atoms with E-state index in [1.807, 2.05) is 4.90 Å². The Morgan fingerprint density at radius 1 is 1.73 bits per heavy atom. The predicted molar refractivity (Wildman–Crippen MR) is 61.5 cm³/mol. The molecule has 4 heteroatoms. The van der Waals surface area contributed by atoms with Crippen LogP contribution in [0.3, 0.4) is 0 Å². The molecule has 4 nitrogen and oxygen atoms in total. The molecule has 0 aliphatic carbocycles. The van der Waals surface area contributed by atoms with E-state index in [1.54, 1.807) is 6.08 Å². The van der Waals surface area contributed by atoms with Crippen molar-refractivity contribution in [3.05, 3.63) is 12.7 Å². The number of hydrogen-bond donors (Lipinski definition) is 2. The Kier molecular flexibility index (Phi) is 4.62. The van der Waals surface area contributed by atoms with Gasteiger partial charge in [-0.25, -0.2) is 4.79 Å². The summed E-state index contributed by atoms with van der Waals surface area (Å²) in [4.78, 5) is 13.5. The molecule has 2 atom stereocenters. The Bertz CT molecular complexity index is 230. The molecule has 1 heterocycles. The standard InChI is InChI=1S/C11H21N3O/c1-3-5-13-11(15)14-6-4-9(2)10(7-12)8-14/h3,9-10H,1,4-8,12H2,2H3,(H,13,15). The fourth-order valence-electron chi connectivity index (χ4n) is 1.91. The van der Waals surface area contributed by atoms with Gasteiger partial charge in [-0.05, 0) is 24.8 Å². The number of carbonyl (C=O) groups excluding carboxylic acids is 1. The van der Waals surface area contributed by atoms with Crippen LogP contribution in [0.4, 0.5) is 4.79 Å². The Morgan fingerprint density at radius 3 is 3.07 bits per heavy atom. The fourth-order valence-corrected chi connectivity index (χ4v) is 1.91. The molecule has 0 aromatic carbocycles. The number of piperidine rings is 1. The van der Waals surface area contributed by atoms with E-state index in [-0.39, 0.29) is 6.03 Å². The number of nitrogens with two attached hydrogens (primary N) is 1. The molecular weight excluding hydrogens is 190 g/mol. The zero-order valence-corrected chi connectivity index (χ0v) is 9.41. The maximum Gasteiger partial charge on any atom is 0.317 e. The van der Waals surface area contributed by atoms with Gasteiger partial charge in [-0.15, -0.1) is 6.58 Å². The van der Waals surface area contributed by atoms with Gasteiger partial charge in [0.2, 0.25) is 0 Å². The van der Waals surface area contributed by atoms with Gasteiger partial charge in [0.05, 0.1) is 0 Å². The minimum Gasteiger partial charge on any atom is -0.335 e. The van der Waals surface area contributed by atoms with E-state index >= 15 is 0 Å². The molecule has 0 aromatic heterocycles. The quantitative estimate of drug-likeness (QED) is 0.678. The lowest BCUT2D eigenvalue weighted by atomic mass is 9.87. The van der Waals surface area contributed by atoms with Gasteiger partial charge >= 0.3 is 6.03 Å². The van der Waals surface area contributed by atoms with Gasteiger partial charge in [0.15, 0.2) is 0 Å². The monoisotopic (exact) mass is 211 g/mol. The zero-order valence-electron chi connectivity index (χ0n) is 9.41. The van der Waals surface area contributed by atoms with E-state index in [0.29, 0.717) is 24.9 Å². The smallest absolute Gasteiger partial charge is 0.317 e. The van der Waals surface area contributed by atoms with Crippen LogP contribution in [0.1, 0.15) is 13.3 Å². The van der Waals surface area contributed by atoms with Gasteiger partial charge in [-0.2, -0.15) is 0 Å². The summed E-state index contributed by atoms with van der Waals surface area (Å²) >= 11 is 0. The minimum absolute atomic E-state index is 0.000231. The third-order valence-corrected chi connectivity index (χ3v) is 3.10. The molecule has 1 aliphatic rings. The number of nitrogens with zero attached hydrogens (tertiary/aromatic N) is 1. The first-order chi connectivity index (χ1) is 7.19. The summed E-state index contributed by atoms with van der Waals surface area (Å²) in [6, 6.07) is 0.000231. The predicted octanol–water partition coefficient (Wildman–Crippen LogP) is 0.799. The van der Waals surface area contributed by atoms with Crippen molar-refractivity contribution in [2.24, 2.45) is 17.6 Å². The van der Waals surface area contributed by atoms with Crippen LogP contribution < -0.4 is 11.1 Å². The SMILES string of the molecule is C=CCNC(=O)N1CCC(C)C(CN)C1. The maximum atomic E-state index is 11.7. The van der Waals surface area contributed by atoms with Crippen molar-refractivity contribution in [1.29, 1.82) is 0 Å². The van der Waals surface area contributed by atoms with Gasteiger partial charge in [0.25, 0.3) is 0 Å². The van der Waals surface area contributed by atoms with E-state index < -0.39 is 0 Å². The lowest BCUT2D eigenvalue weighted by Crippen LogP contribution is -2.49. The highest BCUT2D eigenvalue weighted by molar-refractivity contribution is 5.74. The van der Waals surface area contributed by atoms with Crippen LogP contribution in [0.15, 0.2) is 12.7 Å². The molecular formula is C11H21N3O. The van der Waals surface area contributed by atoms with E-state index in [2.05, 4.69) is 18.8 Å². The normalized spacial score (nSPS) is 26.1. The summed E-state index contributed by atoms with van der Waals surface area (Å²) in [5.41, 5.74) is 5.68. The molecule has 1 aliphatic heterocycles. The van der Waals surface area contributed by atoms with Crippen LogP contribution in [0.25, 0.3) is 0 Å². The van der Waals surface area contributed by atoms with Gasteiger partial charge < -0.3 is 16.0 Å². The maximum absolute atomic E-state index is 11.7. The van der Waals surface area contributed by atoms with Crippen molar-refractivity contribution < 1.29 is 4.79 Å². The first kappa shape index (κ1) is 12.0. The number of rotatable bonds is 3. The number of hydrogen-bond acceptors (Lipinski definition) is 2. The second kappa shape index (κ2) is 5.75. The molecule has 0 saturated carbocycles. The van der Waals surface area contributed by atoms with Crippen molar-refractivity contribution in [2.45, 2.75) is 13.3 Å². The van der Waals surface area contributed by atoms with Crippen molar-refractivity contribution in [2.75, 3.05) is 26.2 Å². The summed E-state index contributed by atoms with van der Waals surface area (Å²) in [6.07, 6.45) is 2.73. The van der Waals surface area contributed by atoms with Crippen molar-refractivity contribution >= 4 is 6.03 Å². The minimum atomic E-state index is 0.000231. The Balaban J connectivity index is 2.43. The number of urea groups is 1. The van der Waals surface area contributed by atoms with Crippen LogP contribution in [0, 0.1) is 11.8 Å². The van der Waals surface area contributed by atoms with Crippen LogP contribution in [-0.4, -0.2) is 37.1 Å². The van der Waals surface area contributed by atoms with Gasteiger partial charge in [0.1, 0.15) is 0 Å². The molecule has 1 rings (SSSR count). The summed E-state index contributed by atoms with van der Waals surface area (Å²) in [5.74, 6) is 1.06. The van der Waals surface area contributed by atoms with Crippen LogP contribution >= 0.6 is 0 Å². The van der Waals surface area contributed by atoms with Gasteiger partial charge in [0, 0.05) is 19.6 Å². The van der Waals surface area contributed by atoms with Crippen molar-refractivity contribution in [3.8, 4) is 0 Å². The van der Waals surface area contributed by atoms with Gasteiger partial charge in [-0.3, -0.25) is 0 Å².